The molecule has 0 aliphatic heterocycles. The number of allylic oxidation sites excluding steroid dienone is 2. The molecule has 0 aliphatic carbocycles. The van der Waals surface area contributed by atoms with E-state index in [4.69, 9.17) is 9.47 Å². The third-order valence-electron chi connectivity index (χ3n) is 3.21. The Morgan fingerprint density at radius 3 is 2.26 bits per heavy atom. The Hall–Kier alpha value is -3.17. The lowest BCUT2D eigenvalue weighted by molar-refractivity contribution is 0.339. The normalized spacial score (nSPS) is 10.3. The summed E-state index contributed by atoms with van der Waals surface area (Å²) in [6.45, 7) is 0. The molecule has 2 rings (SSSR count). The average Bonchev–Trinajstić information content (AvgIpc) is 2.56. The molecule has 0 saturated heterocycles. The van der Waals surface area contributed by atoms with E-state index in [1.807, 2.05) is 5.94 Å². The van der Waals surface area contributed by atoms with E-state index in [2.05, 4.69) is 0 Å². The minimum atomic E-state index is -0.138. The van der Waals surface area contributed by atoms with Gasteiger partial charge in [0.15, 0.2) is 11.5 Å². The fourth-order valence-corrected chi connectivity index (χ4v) is 2.05. The SMILES string of the molecule is COc1cc(C(=C=O)/C=C/c2cccc(O)c2)cc(OC)c1O. The monoisotopic (exact) mass is 312 g/mol. The first-order chi connectivity index (χ1) is 11.1. The highest BCUT2D eigenvalue weighted by molar-refractivity contribution is 5.96. The molecule has 0 aliphatic rings. The van der Waals surface area contributed by atoms with Crippen LogP contribution in [-0.4, -0.2) is 30.4 Å². The van der Waals surface area contributed by atoms with Crippen molar-refractivity contribution < 1.29 is 24.5 Å². The highest BCUT2D eigenvalue weighted by Gasteiger charge is 2.13. The molecule has 2 N–H and O–H groups in total. The third kappa shape index (κ3) is 3.73. The fourth-order valence-electron chi connectivity index (χ4n) is 2.05. The standard InChI is InChI=1S/C18H16O5/c1-22-16-9-14(10-17(23-2)18(16)21)13(11-19)7-6-12-4-3-5-15(20)8-12/h3-10,20-21H,1-2H3/b7-6+. The number of aromatic hydroxyl groups is 2. The van der Waals surface area contributed by atoms with E-state index in [9.17, 15) is 15.0 Å². The summed E-state index contributed by atoms with van der Waals surface area (Å²) in [5, 5.41) is 19.3. The lowest BCUT2D eigenvalue weighted by Crippen LogP contribution is -1.92. The van der Waals surface area contributed by atoms with Crippen LogP contribution in [-0.2, 0) is 4.79 Å². The van der Waals surface area contributed by atoms with Gasteiger partial charge in [-0.05, 0) is 35.9 Å². The number of ether oxygens (including phenoxy) is 2. The predicted octanol–water partition coefficient (Wildman–Crippen LogP) is 3.04. The van der Waals surface area contributed by atoms with E-state index in [1.165, 1.54) is 26.4 Å². The van der Waals surface area contributed by atoms with Gasteiger partial charge in [0.1, 0.15) is 11.7 Å². The Bertz CT molecular complexity index is 761. The van der Waals surface area contributed by atoms with E-state index in [-0.39, 0.29) is 28.6 Å². The third-order valence-corrected chi connectivity index (χ3v) is 3.21. The van der Waals surface area contributed by atoms with Crippen LogP contribution in [0.15, 0.2) is 42.5 Å². The zero-order chi connectivity index (χ0) is 16.8. The van der Waals surface area contributed by atoms with E-state index >= 15 is 0 Å². The van der Waals surface area contributed by atoms with Crippen molar-refractivity contribution in [2.24, 2.45) is 0 Å². The van der Waals surface area contributed by atoms with Crippen LogP contribution in [0, 0.1) is 0 Å². The summed E-state index contributed by atoms with van der Waals surface area (Å²) in [4.78, 5) is 11.3. The highest BCUT2D eigenvalue weighted by atomic mass is 16.5. The number of rotatable bonds is 5. The van der Waals surface area contributed by atoms with Gasteiger partial charge in [-0.1, -0.05) is 18.2 Å². The van der Waals surface area contributed by atoms with Crippen LogP contribution in [0.25, 0.3) is 11.6 Å². The Morgan fingerprint density at radius 2 is 1.74 bits per heavy atom. The second-order valence-corrected chi connectivity index (χ2v) is 4.67. The van der Waals surface area contributed by atoms with Gasteiger partial charge < -0.3 is 19.7 Å². The zero-order valence-corrected chi connectivity index (χ0v) is 12.7. The van der Waals surface area contributed by atoms with Crippen LogP contribution in [0.4, 0.5) is 0 Å². The van der Waals surface area contributed by atoms with Gasteiger partial charge in [-0.3, -0.25) is 0 Å². The van der Waals surface area contributed by atoms with Gasteiger partial charge in [0.2, 0.25) is 5.75 Å². The number of methoxy groups -OCH3 is 2. The van der Waals surface area contributed by atoms with Crippen molar-refractivity contribution in [1.29, 1.82) is 0 Å². The minimum absolute atomic E-state index is 0.136. The summed E-state index contributed by atoms with van der Waals surface area (Å²) in [7, 11) is 2.82. The van der Waals surface area contributed by atoms with Crippen LogP contribution >= 0.6 is 0 Å². The molecule has 0 spiro atoms. The molecule has 5 nitrogen and oxygen atoms in total. The number of phenolic OH excluding ortho intramolecular Hbond substituents is 2. The maximum absolute atomic E-state index is 11.3. The molecule has 23 heavy (non-hydrogen) atoms. The summed E-state index contributed by atoms with van der Waals surface area (Å²) >= 11 is 0. The van der Waals surface area contributed by atoms with Gasteiger partial charge in [-0.15, -0.1) is 0 Å². The van der Waals surface area contributed by atoms with Gasteiger partial charge in [-0.2, -0.15) is 0 Å². The first-order valence-electron chi connectivity index (χ1n) is 6.76. The van der Waals surface area contributed by atoms with Crippen LogP contribution in [0.5, 0.6) is 23.0 Å². The van der Waals surface area contributed by atoms with Crippen molar-refractivity contribution in [2.45, 2.75) is 0 Å². The van der Waals surface area contributed by atoms with Crippen molar-refractivity contribution in [3.05, 3.63) is 53.6 Å². The van der Waals surface area contributed by atoms with Crippen LogP contribution in [0.3, 0.4) is 0 Å². The predicted molar refractivity (Wildman–Crippen MR) is 87.5 cm³/mol. The Labute approximate surface area is 133 Å². The molecule has 118 valence electrons. The summed E-state index contributed by atoms with van der Waals surface area (Å²) in [6, 6.07) is 9.65. The minimum Gasteiger partial charge on any atom is -0.508 e. The van der Waals surface area contributed by atoms with Crippen molar-refractivity contribution in [2.75, 3.05) is 14.2 Å². The van der Waals surface area contributed by atoms with Crippen molar-refractivity contribution >= 4 is 17.6 Å². The molecule has 0 atom stereocenters. The van der Waals surface area contributed by atoms with E-state index < -0.39 is 0 Å². The molecule has 0 bridgehead atoms. The lowest BCUT2D eigenvalue weighted by Gasteiger charge is -2.10. The molecule has 0 amide bonds. The van der Waals surface area contributed by atoms with E-state index in [0.29, 0.717) is 5.56 Å². The largest absolute Gasteiger partial charge is 0.508 e. The summed E-state index contributed by atoms with van der Waals surface area (Å²) in [5.41, 5.74) is 1.48. The molecule has 2 aromatic carbocycles. The average molecular weight is 312 g/mol. The second-order valence-electron chi connectivity index (χ2n) is 4.67. The lowest BCUT2D eigenvalue weighted by atomic mass is 10.0. The molecule has 0 saturated carbocycles. The maximum atomic E-state index is 11.3. The fraction of sp³-hybridized carbons (Fsp3) is 0.111. The molecule has 0 heterocycles. The summed E-state index contributed by atoms with van der Waals surface area (Å²) in [6.07, 6.45) is 3.23. The maximum Gasteiger partial charge on any atom is 0.200 e. The molecule has 5 heteroatoms. The molecular formula is C18H16O5. The summed E-state index contributed by atoms with van der Waals surface area (Å²) in [5.74, 6) is 2.23. The van der Waals surface area contributed by atoms with E-state index in [1.54, 1.807) is 36.4 Å². The Balaban J connectivity index is 2.40. The van der Waals surface area contributed by atoms with Gasteiger partial charge in [0.25, 0.3) is 0 Å². The number of phenols is 2. The Kier molecular flexibility index (Phi) is 5.07. The van der Waals surface area contributed by atoms with Gasteiger partial charge >= 0.3 is 0 Å². The number of hydrogen-bond acceptors (Lipinski definition) is 5. The van der Waals surface area contributed by atoms with Crippen LogP contribution in [0.1, 0.15) is 11.1 Å². The van der Waals surface area contributed by atoms with Gasteiger partial charge in [0.05, 0.1) is 19.8 Å². The van der Waals surface area contributed by atoms with Gasteiger partial charge in [0, 0.05) is 5.56 Å². The Morgan fingerprint density at radius 1 is 1.09 bits per heavy atom. The molecule has 2 aromatic rings. The number of carbonyl (C=O) groups excluding carboxylic acids is 1. The van der Waals surface area contributed by atoms with Crippen LogP contribution in [0.2, 0.25) is 0 Å². The molecular weight excluding hydrogens is 296 g/mol. The number of hydrogen-bond donors (Lipinski definition) is 2. The highest BCUT2D eigenvalue weighted by Crippen LogP contribution is 2.38. The zero-order valence-electron chi connectivity index (χ0n) is 12.7. The van der Waals surface area contributed by atoms with Crippen molar-refractivity contribution in [3.63, 3.8) is 0 Å². The smallest absolute Gasteiger partial charge is 0.200 e. The molecule has 0 unspecified atom stereocenters. The first kappa shape index (κ1) is 16.2. The van der Waals surface area contributed by atoms with Crippen LogP contribution < -0.4 is 9.47 Å². The van der Waals surface area contributed by atoms with Gasteiger partial charge in [-0.25, -0.2) is 4.79 Å². The molecule has 0 fully saturated rings. The summed E-state index contributed by atoms with van der Waals surface area (Å²) < 4.78 is 10.1. The molecule has 0 radical (unpaired) electrons. The molecule has 0 aromatic heterocycles. The number of benzene rings is 2. The topological polar surface area (TPSA) is 76.0 Å². The van der Waals surface area contributed by atoms with Crippen molar-refractivity contribution in [1.82, 2.24) is 0 Å². The quantitative estimate of drug-likeness (QED) is 0.655. The first-order valence-corrected chi connectivity index (χ1v) is 6.76. The van der Waals surface area contributed by atoms with Crippen molar-refractivity contribution in [3.8, 4) is 23.0 Å². The van der Waals surface area contributed by atoms with E-state index in [0.717, 1.165) is 5.56 Å². The second kappa shape index (κ2) is 7.20.